The van der Waals surface area contributed by atoms with E-state index >= 15 is 0 Å². The number of aromatic nitrogens is 1. The lowest BCUT2D eigenvalue weighted by Crippen LogP contribution is -2.26. The summed E-state index contributed by atoms with van der Waals surface area (Å²) < 4.78 is 4.73. The van der Waals surface area contributed by atoms with Gasteiger partial charge in [0, 0.05) is 24.6 Å². The Morgan fingerprint density at radius 2 is 1.96 bits per heavy atom. The van der Waals surface area contributed by atoms with E-state index < -0.39 is 0 Å². The number of hydrogen-bond acceptors (Lipinski definition) is 4. The number of nitrogens with zero attached hydrogens (tertiary/aromatic N) is 2. The number of fused-ring (bicyclic) bond motifs is 1. The van der Waals surface area contributed by atoms with Gasteiger partial charge >= 0.3 is 5.97 Å². The zero-order valence-electron chi connectivity index (χ0n) is 16.2. The SMILES string of the molecule is C/C=C1/CCCN(c2cc(/C=C/C(=O)OC)c3ccccc3n2)C/C1=C/C. The summed E-state index contributed by atoms with van der Waals surface area (Å²) in [5.41, 5.74) is 4.68. The lowest BCUT2D eigenvalue weighted by molar-refractivity contribution is -0.134. The Balaban J connectivity index is 2.04. The molecular weight excluding hydrogens is 336 g/mol. The van der Waals surface area contributed by atoms with Crippen LogP contribution >= 0.6 is 0 Å². The van der Waals surface area contributed by atoms with Crippen molar-refractivity contribution in [3.05, 3.63) is 65.3 Å². The van der Waals surface area contributed by atoms with E-state index in [-0.39, 0.29) is 5.97 Å². The summed E-state index contributed by atoms with van der Waals surface area (Å²) >= 11 is 0. The fourth-order valence-electron chi connectivity index (χ4n) is 3.52. The number of carbonyl (C=O) groups is 1. The molecule has 0 saturated carbocycles. The largest absolute Gasteiger partial charge is 0.466 e. The second-order valence-electron chi connectivity index (χ2n) is 6.60. The quantitative estimate of drug-likeness (QED) is 0.574. The Morgan fingerprint density at radius 1 is 1.19 bits per heavy atom. The van der Waals surface area contributed by atoms with Crippen LogP contribution in [0, 0.1) is 0 Å². The minimum Gasteiger partial charge on any atom is -0.466 e. The highest BCUT2D eigenvalue weighted by atomic mass is 16.5. The topological polar surface area (TPSA) is 42.4 Å². The van der Waals surface area contributed by atoms with Crippen LogP contribution in [0.5, 0.6) is 0 Å². The molecule has 1 aliphatic heterocycles. The van der Waals surface area contributed by atoms with Crippen molar-refractivity contribution in [1.29, 1.82) is 0 Å². The van der Waals surface area contributed by atoms with Crippen LogP contribution in [0.4, 0.5) is 5.82 Å². The highest BCUT2D eigenvalue weighted by molar-refractivity contribution is 5.94. The minimum atomic E-state index is -0.360. The molecule has 0 amide bonds. The van der Waals surface area contributed by atoms with Gasteiger partial charge in [0.15, 0.2) is 0 Å². The summed E-state index contributed by atoms with van der Waals surface area (Å²) in [6, 6.07) is 10.1. The predicted octanol–water partition coefficient (Wildman–Crippen LogP) is 4.91. The van der Waals surface area contributed by atoms with E-state index in [1.54, 1.807) is 0 Å². The number of rotatable bonds is 3. The van der Waals surface area contributed by atoms with E-state index in [4.69, 9.17) is 9.72 Å². The maximum atomic E-state index is 11.6. The third-order valence-electron chi connectivity index (χ3n) is 5.00. The smallest absolute Gasteiger partial charge is 0.330 e. The molecule has 0 radical (unpaired) electrons. The molecule has 2 heterocycles. The van der Waals surface area contributed by atoms with E-state index in [1.165, 1.54) is 24.3 Å². The Morgan fingerprint density at radius 3 is 2.70 bits per heavy atom. The first-order valence-electron chi connectivity index (χ1n) is 9.37. The van der Waals surface area contributed by atoms with Gasteiger partial charge in [-0.3, -0.25) is 0 Å². The molecule has 2 aromatic rings. The molecule has 1 fully saturated rings. The number of para-hydroxylation sites is 1. The van der Waals surface area contributed by atoms with Crippen molar-refractivity contribution >= 4 is 28.8 Å². The van der Waals surface area contributed by atoms with Crippen molar-refractivity contribution < 1.29 is 9.53 Å². The Kier molecular flexibility index (Phi) is 6.07. The van der Waals surface area contributed by atoms with E-state index in [2.05, 4.69) is 37.0 Å². The van der Waals surface area contributed by atoms with Crippen LogP contribution in [-0.2, 0) is 9.53 Å². The Labute approximate surface area is 160 Å². The van der Waals surface area contributed by atoms with Crippen LogP contribution in [0.15, 0.2) is 59.7 Å². The average Bonchev–Trinajstić information content (AvgIpc) is 2.93. The van der Waals surface area contributed by atoms with E-state index in [1.807, 2.05) is 30.3 Å². The maximum absolute atomic E-state index is 11.6. The number of benzene rings is 1. The van der Waals surface area contributed by atoms with Gasteiger partial charge in [0.25, 0.3) is 0 Å². The molecule has 140 valence electrons. The highest BCUT2D eigenvalue weighted by Gasteiger charge is 2.18. The molecule has 4 nitrogen and oxygen atoms in total. The summed E-state index contributed by atoms with van der Waals surface area (Å²) in [6.45, 7) is 6.01. The normalized spacial score (nSPS) is 18.4. The number of allylic oxidation sites excluding steroid dienone is 2. The third-order valence-corrected chi connectivity index (χ3v) is 5.00. The van der Waals surface area contributed by atoms with E-state index in [0.29, 0.717) is 0 Å². The van der Waals surface area contributed by atoms with Gasteiger partial charge in [-0.2, -0.15) is 0 Å². The van der Waals surface area contributed by atoms with Gasteiger partial charge < -0.3 is 9.64 Å². The van der Waals surface area contributed by atoms with Gasteiger partial charge in [-0.25, -0.2) is 9.78 Å². The van der Waals surface area contributed by atoms with Crippen LogP contribution in [0.25, 0.3) is 17.0 Å². The molecule has 0 N–H and O–H groups in total. The second kappa shape index (κ2) is 8.67. The second-order valence-corrected chi connectivity index (χ2v) is 6.60. The molecule has 27 heavy (non-hydrogen) atoms. The van der Waals surface area contributed by atoms with Crippen molar-refractivity contribution in [1.82, 2.24) is 4.98 Å². The number of hydrogen-bond donors (Lipinski definition) is 0. The summed E-state index contributed by atoms with van der Waals surface area (Å²) in [5, 5.41) is 1.02. The Hall–Kier alpha value is -2.88. The molecule has 0 unspecified atom stereocenters. The molecule has 0 atom stereocenters. The van der Waals surface area contributed by atoms with Gasteiger partial charge in [0.1, 0.15) is 5.82 Å². The molecule has 0 aliphatic carbocycles. The fourth-order valence-corrected chi connectivity index (χ4v) is 3.52. The number of methoxy groups -OCH3 is 1. The fraction of sp³-hybridized carbons (Fsp3) is 0.304. The van der Waals surface area contributed by atoms with Crippen molar-refractivity contribution in [2.75, 3.05) is 25.1 Å². The average molecular weight is 362 g/mol. The molecule has 3 rings (SSSR count). The minimum absolute atomic E-state index is 0.360. The summed E-state index contributed by atoms with van der Waals surface area (Å²) in [4.78, 5) is 18.8. The number of anilines is 1. The lowest BCUT2D eigenvalue weighted by atomic mass is 10.0. The van der Waals surface area contributed by atoms with E-state index in [0.717, 1.165) is 48.2 Å². The van der Waals surface area contributed by atoms with Gasteiger partial charge in [-0.15, -0.1) is 0 Å². The summed E-state index contributed by atoms with van der Waals surface area (Å²) in [7, 11) is 1.39. The highest BCUT2D eigenvalue weighted by Crippen LogP contribution is 2.28. The van der Waals surface area contributed by atoms with Gasteiger partial charge in [0.2, 0.25) is 0 Å². The van der Waals surface area contributed by atoms with Crippen LogP contribution in [-0.4, -0.2) is 31.2 Å². The van der Waals surface area contributed by atoms with Crippen molar-refractivity contribution in [3.63, 3.8) is 0 Å². The van der Waals surface area contributed by atoms with Crippen LogP contribution in [0.1, 0.15) is 32.3 Å². The molecule has 4 heteroatoms. The summed E-state index contributed by atoms with van der Waals surface area (Å²) in [5.74, 6) is 0.580. The standard InChI is InChI=1S/C23H26N2O2/c1-4-17-9-8-14-25(16-18(17)5-2)22-15-19(12-13-23(26)27-3)20-10-6-7-11-21(20)24-22/h4-7,10-13,15H,8-9,14,16H2,1-3H3/b13-12+,17-4-,18-5-. The predicted molar refractivity (Wildman–Crippen MR) is 112 cm³/mol. The molecular formula is C23H26N2O2. The number of esters is 1. The molecule has 0 spiro atoms. The summed E-state index contributed by atoms with van der Waals surface area (Å²) in [6.07, 6.45) is 9.88. The number of ether oxygens (including phenoxy) is 1. The Bertz CT molecular complexity index is 925. The van der Waals surface area contributed by atoms with E-state index in [9.17, 15) is 4.79 Å². The number of pyridine rings is 1. The van der Waals surface area contributed by atoms with Crippen LogP contribution in [0.2, 0.25) is 0 Å². The first kappa shape index (κ1) is 18.9. The zero-order valence-corrected chi connectivity index (χ0v) is 16.2. The zero-order chi connectivity index (χ0) is 19.2. The first-order chi connectivity index (χ1) is 13.2. The molecule has 0 bridgehead atoms. The van der Waals surface area contributed by atoms with Gasteiger partial charge in [0.05, 0.1) is 12.6 Å². The van der Waals surface area contributed by atoms with Crippen LogP contribution in [0.3, 0.4) is 0 Å². The van der Waals surface area contributed by atoms with Crippen molar-refractivity contribution in [2.24, 2.45) is 0 Å². The molecule has 1 aliphatic rings. The molecule has 1 aromatic carbocycles. The monoisotopic (exact) mass is 362 g/mol. The first-order valence-corrected chi connectivity index (χ1v) is 9.37. The molecule has 1 saturated heterocycles. The van der Waals surface area contributed by atoms with Gasteiger partial charge in [-0.1, -0.05) is 30.4 Å². The van der Waals surface area contributed by atoms with Crippen LogP contribution < -0.4 is 4.90 Å². The third kappa shape index (κ3) is 4.27. The maximum Gasteiger partial charge on any atom is 0.330 e. The van der Waals surface area contributed by atoms with Crippen molar-refractivity contribution in [2.45, 2.75) is 26.7 Å². The van der Waals surface area contributed by atoms with Gasteiger partial charge in [-0.05, 0) is 61.6 Å². The molecule has 1 aromatic heterocycles. The lowest BCUT2D eigenvalue weighted by Gasteiger charge is -2.23. The van der Waals surface area contributed by atoms with Crippen molar-refractivity contribution in [3.8, 4) is 0 Å². The number of carbonyl (C=O) groups excluding carboxylic acids is 1.